The summed E-state index contributed by atoms with van der Waals surface area (Å²) in [5.74, 6) is 1.40. The van der Waals surface area contributed by atoms with Crippen LogP contribution < -0.4 is 4.74 Å². The average Bonchev–Trinajstić information content (AvgIpc) is 2.97. The Balaban J connectivity index is 1.81. The SMILES string of the molecule is COc1ccc([C@]2(CSc3ccc(C)cc3)CCC(=O)O2)cc1. The maximum Gasteiger partial charge on any atom is 0.306 e. The molecule has 0 N–H and O–H groups in total. The molecule has 1 heterocycles. The molecule has 0 bridgehead atoms. The summed E-state index contributed by atoms with van der Waals surface area (Å²) in [6.45, 7) is 2.08. The van der Waals surface area contributed by atoms with Crippen molar-refractivity contribution in [1.82, 2.24) is 0 Å². The largest absolute Gasteiger partial charge is 0.497 e. The molecule has 1 saturated heterocycles. The summed E-state index contributed by atoms with van der Waals surface area (Å²) in [4.78, 5) is 12.9. The van der Waals surface area contributed by atoms with Gasteiger partial charge in [0.1, 0.15) is 11.4 Å². The zero-order valence-electron chi connectivity index (χ0n) is 13.4. The van der Waals surface area contributed by atoms with Crippen molar-refractivity contribution in [2.24, 2.45) is 0 Å². The first-order valence-electron chi connectivity index (χ1n) is 7.67. The Hall–Kier alpha value is -1.94. The van der Waals surface area contributed by atoms with E-state index in [1.165, 1.54) is 10.5 Å². The van der Waals surface area contributed by atoms with E-state index in [0.717, 1.165) is 17.7 Å². The zero-order chi connectivity index (χ0) is 16.3. The summed E-state index contributed by atoms with van der Waals surface area (Å²) in [6.07, 6.45) is 1.19. The molecular weight excluding hydrogens is 308 g/mol. The van der Waals surface area contributed by atoms with Gasteiger partial charge in [-0.2, -0.15) is 0 Å². The number of carbonyl (C=O) groups excluding carboxylic acids is 1. The van der Waals surface area contributed by atoms with Gasteiger partial charge in [0.15, 0.2) is 0 Å². The maximum atomic E-state index is 11.8. The first-order chi connectivity index (χ1) is 11.1. The van der Waals surface area contributed by atoms with Crippen LogP contribution in [0.3, 0.4) is 0 Å². The van der Waals surface area contributed by atoms with Crippen LogP contribution in [0.25, 0.3) is 0 Å². The summed E-state index contributed by atoms with van der Waals surface area (Å²) >= 11 is 1.72. The third kappa shape index (κ3) is 3.53. The number of methoxy groups -OCH3 is 1. The molecule has 0 amide bonds. The third-order valence-corrected chi connectivity index (χ3v) is 5.37. The Morgan fingerprint density at radius 1 is 1.13 bits per heavy atom. The second-order valence-electron chi connectivity index (χ2n) is 5.80. The van der Waals surface area contributed by atoms with E-state index in [2.05, 4.69) is 31.2 Å². The molecule has 4 heteroatoms. The van der Waals surface area contributed by atoms with Crippen LogP contribution in [0.5, 0.6) is 5.75 Å². The number of hydrogen-bond acceptors (Lipinski definition) is 4. The monoisotopic (exact) mass is 328 g/mol. The number of ether oxygens (including phenoxy) is 2. The maximum absolute atomic E-state index is 11.8. The lowest BCUT2D eigenvalue weighted by Gasteiger charge is -2.28. The molecular formula is C19H20O3S. The summed E-state index contributed by atoms with van der Waals surface area (Å²) in [5.41, 5.74) is 1.73. The molecule has 0 aliphatic carbocycles. The predicted molar refractivity (Wildman–Crippen MR) is 91.9 cm³/mol. The second-order valence-corrected chi connectivity index (χ2v) is 6.85. The van der Waals surface area contributed by atoms with Gasteiger partial charge in [0, 0.05) is 23.5 Å². The molecule has 1 fully saturated rings. The van der Waals surface area contributed by atoms with Crippen LogP contribution in [-0.4, -0.2) is 18.8 Å². The number of cyclic esters (lactones) is 1. The number of hydrogen-bond donors (Lipinski definition) is 0. The molecule has 120 valence electrons. The van der Waals surface area contributed by atoms with E-state index in [9.17, 15) is 4.79 Å². The van der Waals surface area contributed by atoms with Crippen LogP contribution >= 0.6 is 11.8 Å². The molecule has 0 unspecified atom stereocenters. The number of esters is 1. The van der Waals surface area contributed by atoms with E-state index in [1.807, 2.05) is 24.3 Å². The van der Waals surface area contributed by atoms with E-state index in [0.29, 0.717) is 12.2 Å². The van der Waals surface area contributed by atoms with Gasteiger partial charge < -0.3 is 9.47 Å². The highest BCUT2D eigenvalue weighted by Crippen LogP contribution is 2.41. The molecule has 23 heavy (non-hydrogen) atoms. The first kappa shape index (κ1) is 15.9. The van der Waals surface area contributed by atoms with Crippen LogP contribution in [0.1, 0.15) is 24.0 Å². The fraction of sp³-hybridized carbons (Fsp3) is 0.316. The van der Waals surface area contributed by atoms with Crippen molar-refractivity contribution >= 4 is 17.7 Å². The Bertz CT molecular complexity index is 679. The Kier molecular flexibility index (Phi) is 4.62. The van der Waals surface area contributed by atoms with E-state index in [4.69, 9.17) is 9.47 Å². The highest BCUT2D eigenvalue weighted by molar-refractivity contribution is 7.99. The molecule has 3 nitrogen and oxygen atoms in total. The lowest BCUT2D eigenvalue weighted by Crippen LogP contribution is -2.28. The van der Waals surface area contributed by atoms with Gasteiger partial charge in [-0.05, 0) is 36.8 Å². The van der Waals surface area contributed by atoms with Crippen molar-refractivity contribution < 1.29 is 14.3 Å². The fourth-order valence-electron chi connectivity index (χ4n) is 2.74. The Morgan fingerprint density at radius 3 is 2.39 bits per heavy atom. The minimum Gasteiger partial charge on any atom is -0.497 e. The van der Waals surface area contributed by atoms with Gasteiger partial charge >= 0.3 is 5.97 Å². The van der Waals surface area contributed by atoms with Crippen LogP contribution in [0.2, 0.25) is 0 Å². The minimum atomic E-state index is -0.543. The number of thioether (sulfide) groups is 1. The van der Waals surface area contributed by atoms with E-state index >= 15 is 0 Å². The van der Waals surface area contributed by atoms with E-state index in [-0.39, 0.29) is 5.97 Å². The summed E-state index contributed by atoms with van der Waals surface area (Å²) < 4.78 is 11.0. The molecule has 0 aromatic heterocycles. The van der Waals surface area contributed by atoms with Crippen molar-refractivity contribution in [2.45, 2.75) is 30.3 Å². The third-order valence-electron chi connectivity index (χ3n) is 4.15. The quantitative estimate of drug-likeness (QED) is 0.604. The number of carbonyl (C=O) groups is 1. The van der Waals surface area contributed by atoms with Gasteiger partial charge in [-0.25, -0.2) is 0 Å². The van der Waals surface area contributed by atoms with Crippen molar-refractivity contribution in [3.8, 4) is 5.75 Å². The normalized spacial score (nSPS) is 20.3. The standard InChI is InChI=1S/C19H20O3S/c1-14-3-9-17(10-4-14)23-13-19(12-11-18(20)22-19)15-5-7-16(21-2)8-6-15/h3-10H,11-13H2,1-2H3/t19-/m1/s1. The molecule has 2 aromatic rings. The number of benzene rings is 2. The van der Waals surface area contributed by atoms with Gasteiger partial charge in [0.05, 0.1) is 7.11 Å². The Labute approximate surface area is 141 Å². The molecule has 0 spiro atoms. The van der Waals surface area contributed by atoms with Gasteiger partial charge in [0.25, 0.3) is 0 Å². The van der Waals surface area contributed by atoms with Crippen molar-refractivity contribution in [3.63, 3.8) is 0 Å². The highest BCUT2D eigenvalue weighted by Gasteiger charge is 2.42. The van der Waals surface area contributed by atoms with Crippen molar-refractivity contribution in [2.75, 3.05) is 12.9 Å². The first-order valence-corrected chi connectivity index (χ1v) is 8.66. The van der Waals surface area contributed by atoms with Gasteiger partial charge in [0.2, 0.25) is 0 Å². The minimum absolute atomic E-state index is 0.120. The van der Waals surface area contributed by atoms with Crippen molar-refractivity contribution in [3.05, 3.63) is 59.7 Å². The van der Waals surface area contributed by atoms with Crippen LogP contribution in [0.15, 0.2) is 53.4 Å². The summed E-state index contributed by atoms with van der Waals surface area (Å²) in [7, 11) is 1.65. The van der Waals surface area contributed by atoms with Gasteiger partial charge in [-0.3, -0.25) is 4.79 Å². The van der Waals surface area contributed by atoms with E-state index < -0.39 is 5.60 Å². The smallest absolute Gasteiger partial charge is 0.306 e. The zero-order valence-corrected chi connectivity index (χ0v) is 14.2. The molecule has 1 atom stereocenters. The molecule has 2 aromatic carbocycles. The van der Waals surface area contributed by atoms with Crippen LogP contribution in [0, 0.1) is 6.92 Å². The topological polar surface area (TPSA) is 35.5 Å². The molecule has 1 aliphatic heterocycles. The Morgan fingerprint density at radius 2 is 1.83 bits per heavy atom. The fourth-order valence-corrected chi connectivity index (χ4v) is 3.84. The van der Waals surface area contributed by atoms with Gasteiger partial charge in [-0.15, -0.1) is 11.8 Å². The summed E-state index contributed by atoms with van der Waals surface area (Å²) in [5, 5.41) is 0. The summed E-state index contributed by atoms with van der Waals surface area (Å²) in [6, 6.07) is 16.2. The molecule has 3 rings (SSSR count). The molecule has 1 aliphatic rings. The van der Waals surface area contributed by atoms with Crippen molar-refractivity contribution in [1.29, 1.82) is 0 Å². The average molecular weight is 328 g/mol. The van der Waals surface area contributed by atoms with Crippen LogP contribution in [-0.2, 0) is 15.1 Å². The van der Waals surface area contributed by atoms with Crippen LogP contribution in [0.4, 0.5) is 0 Å². The molecule has 0 radical (unpaired) electrons. The highest BCUT2D eigenvalue weighted by atomic mass is 32.2. The number of aryl methyl sites for hydroxylation is 1. The lowest BCUT2D eigenvalue weighted by atomic mass is 9.93. The van der Waals surface area contributed by atoms with Gasteiger partial charge in [-0.1, -0.05) is 29.8 Å². The second kappa shape index (κ2) is 6.67. The van der Waals surface area contributed by atoms with E-state index in [1.54, 1.807) is 18.9 Å². The molecule has 0 saturated carbocycles. The predicted octanol–water partition coefficient (Wildman–Crippen LogP) is 4.33. The lowest BCUT2D eigenvalue weighted by molar-refractivity contribution is -0.147. The number of rotatable bonds is 5.